The number of halogens is 1. The van der Waals surface area contributed by atoms with Gasteiger partial charge in [-0.3, -0.25) is 14.5 Å². The fourth-order valence-electron chi connectivity index (χ4n) is 3.24. The zero-order valence-electron chi connectivity index (χ0n) is 17.9. The standard InChI is InChI=1S/C24H23FN6O/c1-3-31-15-17(11-29-31)8-23-27-12-20(13-28-23)18-5-6-19(22(25)9-18)10-24(32)30-21-7-4-16(2)26-14-21/h4-7,9,11-15H,3,8,10H2,1-2H3,(H,30,32). The van der Waals surface area contributed by atoms with Gasteiger partial charge < -0.3 is 5.32 Å². The van der Waals surface area contributed by atoms with E-state index >= 15 is 0 Å². The lowest BCUT2D eigenvalue weighted by atomic mass is 10.0. The highest BCUT2D eigenvalue weighted by atomic mass is 19.1. The summed E-state index contributed by atoms with van der Waals surface area (Å²) in [5.41, 5.74) is 4.15. The van der Waals surface area contributed by atoms with Crippen LogP contribution >= 0.6 is 0 Å². The molecule has 32 heavy (non-hydrogen) atoms. The molecule has 3 aromatic heterocycles. The van der Waals surface area contributed by atoms with Gasteiger partial charge in [0.1, 0.15) is 11.6 Å². The van der Waals surface area contributed by atoms with Gasteiger partial charge in [0, 0.05) is 42.8 Å². The van der Waals surface area contributed by atoms with Gasteiger partial charge in [0.05, 0.1) is 24.5 Å². The minimum absolute atomic E-state index is 0.0686. The summed E-state index contributed by atoms with van der Waals surface area (Å²) in [7, 11) is 0. The van der Waals surface area contributed by atoms with Gasteiger partial charge in [0.25, 0.3) is 0 Å². The molecule has 0 aliphatic rings. The first-order valence-corrected chi connectivity index (χ1v) is 10.3. The Hall–Kier alpha value is -3.94. The van der Waals surface area contributed by atoms with Crippen LogP contribution in [0, 0.1) is 12.7 Å². The lowest BCUT2D eigenvalue weighted by molar-refractivity contribution is -0.115. The lowest BCUT2D eigenvalue weighted by Gasteiger charge is -2.08. The van der Waals surface area contributed by atoms with Gasteiger partial charge in [-0.05, 0) is 48.7 Å². The van der Waals surface area contributed by atoms with Gasteiger partial charge >= 0.3 is 0 Å². The maximum atomic E-state index is 14.6. The quantitative estimate of drug-likeness (QED) is 0.479. The zero-order chi connectivity index (χ0) is 22.5. The molecule has 1 N–H and O–H groups in total. The molecular formula is C24H23FN6O. The fourth-order valence-corrected chi connectivity index (χ4v) is 3.24. The summed E-state index contributed by atoms with van der Waals surface area (Å²) in [6, 6.07) is 8.35. The number of hydrogen-bond acceptors (Lipinski definition) is 5. The third kappa shape index (κ3) is 5.21. The smallest absolute Gasteiger partial charge is 0.228 e. The Morgan fingerprint density at radius 2 is 1.84 bits per heavy atom. The number of nitrogens with one attached hydrogen (secondary N) is 1. The van der Waals surface area contributed by atoms with E-state index in [1.807, 2.05) is 24.7 Å². The summed E-state index contributed by atoms with van der Waals surface area (Å²) in [5, 5.41) is 6.98. The fraction of sp³-hybridized carbons (Fsp3) is 0.208. The van der Waals surface area contributed by atoms with E-state index in [1.54, 1.807) is 49.1 Å². The Morgan fingerprint density at radius 1 is 1.03 bits per heavy atom. The van der Waals surface area contributed by atoms with E-state index in [-0.39, 0.29) is 12.3 Å². The molecule has 0 atom stereocenters. The second-order valence-electron chi connectivity index (χ2n) is 7.49. The molecule has 3 heterocycles. The highest BCUT2D eigenvalue weighted by Gasteiger charge is 2.11. The Kier molecular flexibility index (Phi) is 6.30. The molecule has 0 aliphatic carbocycles. The number of carbonyl (C=O) groups is 1. The second-order valence-corrected chi connectivity index (χ2v) is 7.49. The van der Waals surface area contributed by atoms with E-state index in [9.17, 15) is 9.18 Å². The Morgan fingerprint density at radius 3 is 2.50 bits per heavy atom. The largest absolute Gasteiger partial charge is 0.324 e. The number of amides is 1. The van der Waals surface area contributed by atoms with Crippen molar-refractivity contribution < 1.29 is 9.18 Å². The van der Waals surface area contributed by atoms with Crippen molar-refractivity contribution >= 4 is 11.6 Å². The van der Waals surface area contributed by atoms with Crippen LogP contribution in [0.3, 0.4) is 0 Å². The van der Waals surface area contributed by atoms with Crippen LogP contribution < -0.4 is 5.32 Å². The molecule has 0 bridgehead atoms. The van der Waals surface area contributed by atoms with Crippen LogP contribution in [0.2, 0.25) is 0 Å². The third-order valence-corrected chi connectivity index (χ3v) is 5.01. The second kappa shape index (κ2) is 9.47. The van der Waals surface area contributed by atoms with E-state index < -0.39 is 5.82 Å². The minimum atomic E-state index is -0.448. The SMILES string of the molecule is CCn1cc(Cc2ncc(-c3ccc(CC(=O)Nc4ccc(C)nc4)c(F)c3)cn2)cn1. The number of hydrogen-bond donors (Lipinski definition) is 1. The monoisotopic (exact) mass is 430 g/mol. The minimum Gasteiger partial charge on any atom is -0.324 e. The van der Waals surface area contributed by atoms with E-state index in [1.165, 1.54) is 6.07 Å². The predicted octanol–water partition coefficient (Wildman–Crippen LogP) is 3.97. The molecule has 0 saturated carbocycles. The summed E-state index contributed by atoms with van der Waals surface area (Å²) in [6.45, 7) is 4.70. The zero-order valence-corrected chi connectivity index (χ0v) is 17.9. The molecule has 1 amide bonds. The van der Waals surface area contributed by atoms with Crippen LogP contribution in [-0.2, 0) is 24.2 Å². The van der Waals surface area contributed by atoms with Crippen molar-refractivity contribution in [1.29, 1.82) is 0 Å². The molecule has 4 aromatic rings. The third-order valence-electron chi connectivity index (χ3n) is 5.01. The highest BCUT2D eigenvalue weighted by Crippen LogP contribution is 2.22. The summed E-state index contributed by atoms with van der Waals surface area (Å²) in [4.78, 5) is 25.2. The maximum Gasteiger partial charge on any atom is 0.228 e. The van der Waals surface area contributed by atoms with Crippen LogP contribution in [0.4, 0.5) is 10.1 Å². The van der Waals surface area contributed by atoms with Crippen molar-refractivity contribution in [2.45, 2.75) is 33.2 Å². The maximum absolute atomic E-state index is 14.6. The van der Waals surface area contributed by atoms with E-state index in [4.69, 9.17) is 0 Å². The van der Waals surface area contributed by atoms with Gasteiger partial charge in [0.15, 0.2) is 0 Å². The summed E-state index contributed by atoms with van der Waals surface area (Å²) in [5.74, 6) is -0.0825. The number of benzene rings is 1. The first-order chi connectivity index (χ1) is 15.5. The summed E-state index contributed by atoms with van der Waals surface area (Å²) < 4.78 is 16.5. The molecule has 1 aromatic carbocycles. The number of aryl methyl sites for hydroxylation is 2. The average molecular weight is 430 g/mol. The molecule has 0 saturated heterocycles. The van der Waals surface area contributed by atoms with Crippen LogP contribution in [0.15, 0.2) is 61.3 Å². The van der Waals surface area contributed by atoms with Crippen LogP contribution in [0.1, 0.15) is 29.6 Å². The van der Waals surface area contributed by atoms with Crippen LogP contribution in [-0.4, -0.2) is 30.6 Å². The van der Waals surface area contributed by atoms with E-state index in [2.05, 4.69) is 25.4 Å². The van der Waals surface area contributed by atoms with Crippen LogP contribution in [0.25, 0.3) is 11.1 Å². The molecule has 0 unspecified atom stereocenters. The van der Waals surface area contributed by atoms with Crippen molar-refractivity contribution in [2.75, 3.05) is 5.32 Å². The van der Waals surface area contributed by atoms with Gasteiger partial charge in [-0.25, -0.2) is 14.4 Å². The highest BCUT2D eigenvalue weighted by molar-refractivity contribution is 5.92. The number of carbonyl (C=O) groups excluding carboxylic acids is 1. The Labute approximate surface area is 185 Å². The molecule has 0 fully saturated rings. The number of nitrogens with zero attached hydrogens (tertiary/aromatic N) is 5. The number of aromatic nitrogens is 5. The van der Waals surface area contributed by atoms with Gasteiger partial charge in [-0.15, -0.1) is 0 Å². The number of pyridine rings is 1. The number of anilines is 1. The molecule has 7 nitrogen and oxygen atoms in total. The van der Waals surface area contributed by atoms with Crippen LogP contribution in [0.5, 0.6) is 0 Å². The molecule has 4 rings (SSSR count). The van der Waals surface area contributed by atoms with E-state index in [0.717, 1.165) is 17.8 Å². The first-order valence-electron chi connectivity index (χ1n) is 10.3. The Bertz CT molecular complexity index is 1220. The molecular weight excluding hydrogens is 407 g/mol. The summed E-state index contributed by atoms with van der Waals surface area (Å²) in [6.07, 6.45) is 9.22. The summed E-state index contributed by atoms with van der Waals surface area (Å²) >= 11 is 0. The van der Waals surface area contributed by atoms with Crippen molar-refractivity contribution in [3.63, 3.8) is 0 Å². The lowest BCUT2D eigenvalue weighted by Crippen LogP contribution is -2.15. The van der Waals surface area contributed by atoms with Crippen molar-refractivity contribution in [3.05, 3.63) is 89.8 Å². The molecule has 0 radical (unpaired) electrons. The predicted molar refractivity (Wildman–Crippen MR) is 119 cm³/mol. The molecule has 0 spiro atoms. The normalized spacial score (nSPS) is 10.8. The van der Waals surface area contributed by atoms with E-state index in [0.29, 0.717) is 34.6 Å². The van der Waals surface area contributed by atoms with Gasteiger partial charge in [-0.1, -0.05) is 12.1 Å². The van der Waals surface area contributed by atoms with Gasteiger partial charge in [-0.2, -0.15) is 5.10 Å². The van der Waals surface area contributed by atoms with Gasteiger partial charge in [0.2, 0.25) is 5.91 Å². The Balaban J connectivity index is 1.40. The molecule has 162 valence electrons. The number of rotatable bonds is 7. The van der Waals surface area contributed by atoms with Crippen molar-refractivity contribution in [1.82, 2.24) is 24.7 Å². The van der Waals surface area contributed by atoms with Crippen molar-refractivity contribution in [3.8, 4) is 11.1 Å². The molecule has 0 aliphatic heterocycles. The first kappa shape index (κ1) is 21.3. The molecule has 8 heteroatoms. The average Bonchev–Trinajstić information content (AvgIpc) is 3.25. The topological polar surface area (TPSA) is 85.6 Å². The van der Waals surface area contributed by atoms with Crippen molar-refractivity contribution in [2.24, 2.45) is 0 Å².